The maximum atomic E-state index is 11.3. The molecule has 0 amide bonds. The van der Waals surface area contributed by atoms with Crippen LogP contribution < -0.4 is 0 Å². The van der Waals surface area contributed by atoms with Crippen molar-refractivity contribution in [1.29, 1.82) is 0 Å². The standard InChI is InChI=1S/C17H22O4/c1-10(18)21-15-9-13-12(11-6-4-3-5-7-11)8-14(19)17(15,2)16(13)20/h3-7,12-16,19-20H,8-9H2,1-2H3. The number of esters is 1. The summed E-state index contributed by atoms with van der Waals surface area (Å²) in [6.45, 7) is 3.20. The molecule has 2 aliphatic carbocycles. The maximum absolute atomic E-state index is 11.3. The van der Waals surface area contributed by atoms with Crippen molar-refractivity contribution in [3.8, 4) is 0 Å². The van der Waals surface area contributed by atoms with Gasteiger partial charge in [0.2, 0.25) is 0 Å². The van der Waals surface area contributed by atoms with Gasteiger partial charge in [-0.25, -0.2) is 0 Å². The first-order valence-corrected chi connectivity index (χ1v) is 7.53. The highest BCUT2D eigenvalue weighted by atomic mass is 16.5. The summed E-state index contributed by atoms with van der Waals surface area (Å²) in [5, 5.41) is 21.3. The van der Waals surface area contributed by atoms with Crippen molar-refractivity contribution in [2.24, 2.45) is 11.3 Å². The van der Waals surface area contributed by atoms with Crippen molar-refractivity contribution in [2.75, 3.05) is 0 Å². The topological polar surface area (TPSA) is 66.8 Å². The molecule has 0 heterocycles. The maximum Gasteiger partial charge on any atom is 0.302 e. The van der Waals surface area contributed by atoms with E-state index in [2.05, 4.69) is 0 Å². The normalized spacial score (nSPS) is 41.8. The van der Waals surface area contributed by atoms with E-state index < -0.39 is 23.7 Å². The number of hydrogen-bond donors (Lipinski definition) is 2. The Morgan fingerprint density at radius 2 is 1.90 bits per heavy atom. The fourth-order valence-electron chi connectivity index (χ4n) is 4.21. The minimum absolute atomic E-state index is 0.0187. The van der Waals surface area contributed by atoms with Crippen LogP contribution in [-0.2, 0) is 9.53 Å². The number of carbonyl (C=O) groups is 1. The second-order valence-corrected chi connectivity index (χ2v) is 6.58. The molecule has 0 aliphatic heterocycles. The van der Waals surface area contributed by atoms with Gasteiger partial charge in [-0.05, 0) is 30.2 Å². The van der Waals surface area contributed by atoms with Gasteiger partial charge < -0.3 is 14.9 Å². The summed E-state index contributed by atoms with van der Waals surface area (Å²) < 4.78 is 5.39. The predicted octanol–water partition coefficient (Wildman–Crippen LogP) is 1.85. The van der Waals surface area contributed by atoms with Gasteiger partial charge in [0, 0.05) is 6.92 Å². The molecule has 4 heteroatoms. The molecule has 0 aromatic heterocycles. The number of aliphatic hydroxyl groups is 2. The van der Waals surface area contributed by atoms with Crippen LogP contribution in [0.5, 0.6) is 0 Å². The Bertz CT molecular complexity index is 529. The second kappa shape index (κ2) is 5.11. The summed E-state index contributed by atoms with van der Waals surface area (Å²) in [4.78, 5) is 11.3. The molecule has 21 heavy (non-hydrogen) atoms. The average Bonchev–Trinajstić information content (AvgIpc) is 2.63. The van der Waals surface area contributed by atoms with Gasteiger partial charge in [-0.1, -0.05) is 37.3 Å². The van der Waals surface area contributed by atoms with Crippen molar-refractivity contribution in [2.45, 2.75) is 50.9 Å². The van der Waals surface area contributed by atoms with E-state index >= 15 is 0 Å². The minimum atomic E-state index is -0.762. The second-order valence-electron chi connectivity index (χ2n) is 6.58. The Hall–Kier alpha value is -1.39. The first kappa shape index (κ1) is 14.5. The lowest BCUT2D eigenvalue weighted by Crippen LogP contribution is -2.52. The first-order valence-electron chi connectivity index (χ1n) is 7.53. The molecular formula is C17H22O4. The number of ether oxygens (including phenoxy) is 1. The average molecular weight is 290 g/mol. The Balaban J connectivity index is 1.93. The molecule has 2 fully saturated rings. The molecule has 0 saturated heterocycles. The van der Waals surface area contributed by atoms with Crippen LogP contribution in [-0.4, -0.2) is 34.5 Å². The number of carbonyl (C=O) groups excluding carboxylic acids is 1. The summed E-state index contributed by atoms with van der Waals surface area (Å²) in [5.74, 6) is -0.237. The molecule has 0 spiro atoms. The van der Waals surface area contributed by atoms with E-state index in [1.807, 2.05) is 37.3 Å². The molecule has 2 N–H and O–H groups in total. The van der Waals surface area contributed by atoms with E-state index in [9.17, 15) is 15.0 Å². The number of benzene rings is 1. The minimum Gasteiger partial charge on any atom is -0.462 e. The van der Waals surface area contributed by atoms with E-state index in [-0.39, 0.29) is 17.8 Å². The third-order valence-corrected chi connectivity index (χ3v) is 5.47. The van der Waals surface area contributed by atoms with Crippen LogP contribution >= 0.6 is 0 Å². The van der Waals surface area contributed by atoms with Crippen molar-refractivity contribution in [3.05, 3.63) is 35.9 Å². The third-order valence-electron chi connectivity index (χ3n) is 5.47. The lowest BCUT2D eigenvalue weighted by Gasteiger charge is -2.44. The molecule has 6 unspecified atom stereocenters. The monoisotopic (exact) mass is 290 g/mol. The molecule has 2 bridgehead atoms. The Morgan fingerprint density at radius 1 is 1.24 bits per heavy atom. The molecule has 6 atom stereocenters. The summed E-state index contributed by atoms with van der Waals surface area (Å²) in [6, 6.07) is 9.97. The van der Waals surface area contributed by atoms with Gasteiger partial charge in [-0.2, -0.15) is 0 Å². The summed E-state index contributed by atoms with van der Waals surface area (Å²) in [7, 11) is 0. The highest BCUT2D eigenvalue weighted by Gasteiger charge is 2.62. The fraction of sp³-hybridized carbons (Fsp3) is 0.588. The van der Waals surface area contributed by atoms with Crippen LogP contribution in [0.4, 0.5) is 0 Å². The highest BCUT2D eigenvalue weighted by molar-refractivity contribution is 5.66. The summed E-state index contributed by atoms with van der Waals surface area (Å²) >= 11 is 0. The number of aliphatic hydroxyl groups excluding tert-OH is 2. The molecular weight excluding hydrogens is 268 g/mol. The Labute approximate surface area is 124 Å². The quantitative estimate of drug-likeness (QED) is 0.816. The van der Waals surface area contributed by atoms with Crippen LogP contribution in [0.2, 0.25) is 0 Å². The van der Waals surface area contributed by atoms with Gasteiger partial charge >= 0.3 is 5.97 Å². The molecule has 3 rings (SSSR count). The van der Waals surface area contributed by atoms with Gasteiger partial charge in [0.25, 0.3) is 0 Å². The summed E-state index contributed by atoms with van der Waals surface area (Å²) in [5.41, 5.74) is 0.368. The zero-order valence-corrected chi connectivity index (χ0v) is 12.4. The zero-order valence-electron chi connectivity index (χ0n) is 12.4. The van der Waals surface area contributed by atoms with Gasteiger partial charge in [0.05, 0.1) is 17.6 Å². The third kappa shape index (κ3) is 2.17. The van der Waals surface area contributed by atoms with Crippen molar-refractivity contribution >= 4 is 5.97 Å². The number of fused-ring (bicyclic) bond motifs is 2. The summed E-state index contributed by atoms with van der Waals surface area (Å²) in [6.07, 6.45) is -0.552. The lowest BCUT2D eigenvalue weighted by molar-refractivity contribution is -0.166. The zero-order chi connectivity index (χ0) is 15.2. The number of rotatable bonds is 2. The smallest absolute Gasteiger partial charge is 0.302 e. The van der Waals surface area contributed by atoms with Gasteiger partial charge in [0.1, 0.15) is 6.10 Å². The molecule has 1 aromatic carbocycles. The van der Waals surface area contributed by atoms with Gasteiger partial charge in [-0.3, -0.25) is 4.79 Å². The molecule has 2 aliphatic rings. The van der Waals surface area contributed by atoms with Crippen LogP contribution in [0.1, 0.15) is 38.2 Å². The van der Waals surface area contributed by atoms with Crippen LogP contribution in [0.15, 0.2) is 30.3 Å². The number of hydrogen-bond acceptors (Lipinski definition) is 4. The van der Waals surface area contributed by atoms with E-state index in [1.165, 1.54) is 6.92 Å². The van der Waals surface area contributed by atoms with Crippen LogP contribution in [0.25, 0.3) is 0 Å². The lowest BCUT2D eigenvalue weighted by atomic mass is 9.66. The molecule has 2 saturated carbocycles. The molecule has 114 valence electrons. The van der Waals surface area contributed by atoms with Gasteiger partial charge in [-0.15, -0.1) is 0 Å². The highest BCUT2D eigenvalue weighted by Crippen LogP contribution is 2.57. The van der Waals surface area contributed by atoms with E-state index in [4.69, 9.17) is 4.74 Å². The fourth-order valence-corrected chi connectivity index (χ4v) is 4.21. The van der Waals surface area contributed by atoms with Crippen molar-refractivity contribution in [1.82, 2.24) is 0 Å². The predicted molar refractivity (Wildman–Crippen MR) is 77.6 cm³/mol. The van der Waals surface area contributed by atoms with E-state index in [0.717, 1.165) is 5.56 Å². The molecule has 1 aromatic rings. The van der Waals surface area contributed by atoms with E-state index in [0.29, 0.717) is 12.8 Å². The van der Waals surface area contributed by atoms with Crippen molar-refractivity contribution < 1.29 is 19.7 Å². The molecule has 4 nitrogen and oxygen atoms in total. The first-order chi connectivity index (χ1) is 9.94. The Kier molecular flexibility index (Phi) is 3.54. The van der Waals surface area contributed by atoms with Crippen molar-refractivity contribution in [3.63, 3.8) is 0 Å². The SMILES string of the molecule is CC(=O)OC1CC2C(c3ccccc3)CC(O)C1(C)C2O. The van der Waals surface area contributed by atoms with Gasteiger partial charge in [0.15, 0.2) is 0 Å². The largest absolute Gasteiger partial charge is 0.462 e. The molecule has 0 radical (unpaired) electrons. The van der Waals surface area contributed by atoms with Crippen LogP contribution in [0.3, 0.4) is 0 Å². The van der Waals surface area contributed by atoms with Crippen LogP contribution in [0, 0.1) is 11.3 Å². The van der Waals surface area contributed by atoms with E-state index in [1.54, 1.807) is 0 Å². The Morgan fingerprint density at radius 3 is 2.52 bits per heavy atom.